The van der Waals surface area contributed by atoms with Crippen LogP contribution in [0.25, 0.3) is 0 Å². The number of amides is 1. The predicted octanol–water partition coefficient (Wildman–Crippen LogP) is 3.20. The number of hydrogen-bond acceptors (Lipinski definition) is 2. The molecular weight excluding hydrogens is 267 g/mol. The normalized spacial score (nSPS) is 14.4. The van der Waals surface area contributed by atoms with E-state index in [4.69, 9.17) is 0 Å². The van der Waals surface area contributed by atoms with Gasteiger partial charge in [0.05, 0.1) is 17.8 Å². The van der Waals surface area contributed by atoms with E-state index in [1.165, 1.54) is 12.1 Å². The molecule has 0 fully saturated rings. The largest absolute Gasteiger partial charge is 0.327 e. The number of nitrogens with zero attached hydrogens (tertiary/aromatic N) is 2. The molecule has 1 amide bonds. The third-order valence-corrected chi connectivity index (χ3v) is 3.95. The molecule has 1 aliphatic rings. The Morgan fingerprint density at radius 1 is 1.24 bits per heavy atom. The molecule has 0 saturated heterocycles. The van der Waals surface area contributed by atoms with E-state index in [0.29, 0.717) is 18.5 Å². The van der Waals surface area contributed by atoms with Crippen molar-refractivity contribution in [2.75, 3.05) is 0 Å². The Labute approximate surface area is 123 Å². The molecule has 0 bridgehead atoms. The molecule has 3 nitrogen and oxygen atoms in total. The van der Waals surface area contributed by atoms with Gasteiger partial charge >= 0.3 is 0 Å². The molecule has 0 unspecified atom stereocenters. The summed E-state index contributed by atoms with van der Waals surface area (Å²) in [5.41, 5.74) is 2.17. The van der Waals surface area contributed by atoms with E-state index in [1.54, 1.807) is 24.4 Å². The van der Waals surface area contributed by atoms with E-state index in [2.05, 4.69) is 4.98 Å². The van der Waals surface area contributed by atoms with E-state index in [0.717, 1.165) is 11.3 Å². The van der Waals surface area contributed by atoms with Crippen LogP contribution in [0.1, 0.15) is 35.5 Å². The fourth-order valence-electron chi connectivity index (χ4n) is 2.81. The lowest BCUT2D eigenvalue weighted by molar-refractivity contribution is 0.0573. The molecule has 1 aromatic carbocycles. The van der Waals surface area contributed by atoms with E-state index in [-0.39, 0.29) is 17.3 Å². The molecule has 2 heterocycles. The van der Waals surface area contributed by atoms with Gasteiger partial charge in [-0.3, -0.25) is 9.78 Å². The molecule has 1 aromatic heterocycles. The van der Waals surface area contributed by atoms with Crippen molar-refractivity contribution in [3.8, 4) is 0 Å². The first-order valence-electron chi connectivity index (χ1n) is 6.98. The molecule has 0 atom stereocenters. The average Bonchev–Trinajstić information content (AvgIpc) is 2.80. The summed E-state index contributed by atoms with van der Waals surface area (Å²) in [7, 11) is 0. The van der Waals surface area contributed by atoms with Gasteiger partial charge in [0.15, 0.2) is 0 Å². The van der Waals surface area contributed by atoms with Crippen LogP contribution in [-0.4, -0.2) is 21.3 Å². The maximum absolute atomic E-state index is 13.0. The van der Waals surface area contributed by atoms with Crippen molar-refractivity contribution >= 4 is 5.91 Å². The maximum atomic E-state index is 13.0. The van der Waals surface area contributed by atoms with Gasteiger partial charge in [0.1, 0.15) is 5.82 Å². The van der Waals surface area contributed by atoms with Crippen molar-refractivity contribution in [3.63, 3.8) is 0 Å². The molecule has 108 valence electrons. The second-order valence-electron chi connectivity index (χ2n) is 6.00. The number of carbonyl (C=O) groups excluding carboxylic acids is 1. The first-order valence-corrected chi connectivity index (χ1v) is 6.98. The second kappa shape index (κ2) is 4.95. The number of fused-ring (bicyclic) bond motifs is 1. The average molecular weight is 284 g/mol. The van der Waals surface area contributed by atoms with Gasteiger partial charge < -0.3 is 4.90 Å². The molecule has 2 aromatic rings. The Bertz CT molecular complexity index is 679. The summed E-state index contributed by atoms with van der Waals surface area (Å²) >= 11 is 0. The molecule has 1 aliphatic heterocycles. The lowest BCUT2D eigenvalue weighted by Crippen LogP contribution is -2.45. The molecule has 3 rings (SSSR count). The Hall–Kier alpha value is -2.23. The number of halogens is 1. The van der Waals surface area contributed by atoms with Crippen LogP contribution in [0.4, 0.5) is 4.39 Å². The highest BCUT2D eigenvalue weighted by Crippen LogP contribution is 2.30. The van der Waals surface area contributed by atoms with Crippen LogP contribution in [0.15, 0.2) is 42.6 Å². The van der Waals surface area contributed by atoms with Crippen LogP contribution in [0, 0.1) is 5.82 Å². The lowest BCUT2D eigenvalue weighted by Gasteiger charge is -2.35. The number of hydrogen-bond donors (Lipinski definition) is 0. The van der Waals surface area contributed by atoms with Crippen molar-refractivity contribution in [1.82, 2.24) is 9.88 Å². The summed E-state index contributed by atoms with van der Waals surface area (Å²) in [6.07, 6.45) is 2.38. The third kappa shape index (κ3) is 2.53. The van der Waals surface area contributed by atoms with E-state index >= 15 is 0 Å². The Balaban J connectivity index is 1.83. The summed E-state index contributed by atoms with van der Waals surface area (Å²) < 4.78 is 13.0. The topological polar surface area (TPSA) is 33.2 Å². The van der Waals surface area contributed by atoms with E-state index < -0.39 is 0 Å². The minimum Gasteiger partial charge on any atom is -0.327 e. The van der Waals surface area contributed by atoms with Gasteiger partial charge in [0.25, 0.3) is 5.91 Å². The molecule has 0 spiro atoms. The quantitative estimate of drug-likeness (QED) is 0.867. The number of aromatic nitrogens is 1. The van der Waals surface area contributed by atoms with Gasteiger partial charge in [0, 0.05) is 11.7 Å². The molecular formula is C17H17FN2O. The van der Waals surface area contributed by atoms with Crippen molar-refractivity contribution in [2.24, 2.45) is 0 Å². The second-order valence-corrected chi connectivity index (χ2v) is 6.00. The Morgan fingerprint density at radius 3 is 2.62 bits per heavy atom. The van der Waals surface area contributed by atoms with Crippen LogP contribution in [0.5, 0.6) is 0 Å². The number of rotatable bonds is 3. The summed E-state index contributed by atoms with van der Waals surface area (Å²) in [6, 6.07) is 10.0. The summed E-state index contributed by atoms with van der Waals surface area (Å²) in [4.78, 5) is 18.6. The molecule has 0 radical (unpaired) electrons. The van der Waals surface area contributed by atoms with Crippen molar-refractivity contribution in [3.05, 3.63) is 65.2 Å². The van der Waals surface area contributed by atoms with Crippen molar-refractivity contribution in [1.29, 1.82) is 0 Å². The van der Waals surface area contributed by atoms with Gasteiger partial charge in [-0.2, -0.15) is 0 Å². The molecule has 0 N–H and O–H groups in total. The van der Waals surface area contributed by atoms with Crippen LogP contribution in [-0.2, 0) is 13.0 Å². The summed E-state index contributed by atoms with van der Waals surface area (Å²) in [5.74, 6) is -0.226. The highest BCUT2D eigenvalue weighted by molar-refractivity contribution is 5.98. The van der Waals surface area contributed by atoms with Gasteiger partial charge in [-0.25, -0.2) is 4.39 Å². The van der Waals surface area contributed by atoms with Crippen molar-refractivity contribution < 1.29 is 9.18 Å². The minimum atomic E-state index is -0.352. The van der Waals surface area contributed by atoms with Gasteiger partial charge in [-0.1, -0.05) is 12.1 Å². The molecule has 0 saturated carbocycles. The van der Waals surface area contributed by atoms with Crippen LogP contribution in [0.2, 0.25) is 0 Å². The fourth-order valence-corrected chi connectivity index (χ4v) is 2.81. The van der Waals surface area contributed by atoms with E-state index in [9.17, 15) is 9.18 Å². The number of carbonyl (C=O) groups is 1. The standard InChI is InChI=1S/C17H17FN2O/c1-17(2,10-12-5-7-13(18)8-6-12)20-11-15-14(16(20)21)4-3-9-19-15/h3-9H,10-11H2,1-2H3. The zero-order chi connectivity index (χ0) is 15.0. The highest BCUT2D eigenvalue weighted by atomic mass is 19.1. The zero-order valence-corrected chi connectivity index (χ0v) is 12.1. The van der Waals surface area contributed by atoms with Crippen LogP contribution in [0.3, 0.4) is 0 Å². The highest BCUT2D eigenvalue weighted by Gasteiger charge is 2.38. The smallest absolute Gasteiger partial charge is 0.256 e. The molecule has 21 heavy (non-hydrogen) atoms. The lowest BCUT2D eigenvalue weighted by atomic mass is 9.93. The molecule has 0 aliphatic carbocycles. The third-order valence-electron chi connectivity index (χ3n) is 3.95. The van der Waals surface area contributed by atoms with E-state index in [1.807, 2.05) is 24.8 Å². The summed E-state index contributed by atoms with van der Waals surface area (Å²) in [6.45, 7) is 4.59. The predicted molar refractivity (Wildman–Crippen MR) is 78.3 cm³/mol. The first kappa shape index (κ1) is 13.7. The number of benzene rings is 1. The SMILES string of the molecule is CC(C)(Cc1ccc(F)cc1)N1Cc2ncccc2C1=O. The van der Waals surface area contributed by atoms with Crippen molar-refractivity contribution in [2.45, 2.75) is 32.4 Å². The Kier molecular flexibility index (Phi) is 3.24. The molecule has 4 heteroatoms. The Morgan fingerprint density at radius 2 is 1.95 bits per heavy atom. The van der Waals surface area contributed by atoms with Crippen LogP contribution < -0.4 is 0 Å². The van der Waals surface area contributed by atoms with Gasteiger partial charge in [-0.05, 0) is 50.1 Å². The summed E-state index contributed by atoms with van der Waals surface area (Å²) in [5, 5.41) is 0. The van der Waals surface area contributed by atoms with Gasteiger partial charge in [-0.15, -0.1) is 0 Å². The fraction of sp³-hybridized carbons (Fsp3) is 0.294. The van der Waals surface area contributed by atoms with Gasteiger partial charge in [0.2, 0.25) is 0 Å². The number of pyridine rings is 1. The minimum absolute atomic E-state index is 0.0187. The maximum Gasteiger partial charge on any atom is 0.256 e. The zero-order valence-electron chi connectivity index (χ0n) is 12.1. The monoisotopic (exact) mass is 284 g/mol. The first-order chi connectivity index (χ1) is 9.97. The van der Waals surface area contributed by atoms with Crippen LogP contribution >= 0.6 is 0 Å².